The quantitative estimate of drug-likeness (QED) is 0.191. The number of aromatic amines is 1. The number of nitrogens with one attached hydrogen (secondary N) is 1. The Morgan fingerprint density at radius 2 is 1.80 bits per heavy atom. The summed E-state index contributed by atoms with van der Waals surface area (Å²) in [5.41, 5.74) is 5.95. The molecule has 242 valence electrons. The van der Waals surface area contributed by atoms with Crippen LogP contribution in [0.15, 0.2) is 59.8 Å². The van der Waals surface area contributed by atoms with E-state index >= 15 is 0 Å². The summed E-state index contributed by atoms with van der Waals surface area (Å²) < 4.78 is 17.3. The van der Waals surface area contributed by atoms with Gasteiger partial charge in [-0.05, 0) is 18.2 Å². The highest BCUT2D eigenvalue weighted by atomic mass is 32.2. The number of aromatic nitrogens is 4. The molecule has 0 unspecified atom stereocenters. The number of nitrogens with two attached hydrogens (primary N) is 1. The molecule has 15 nitrogen and oxygen atoms in total. The summed E-state index contributed by atoms with van der Waals surface area (Å²) in [6, 6.07) is 10.5. The molecule has 2 saturated heterocycles. The van der Waals surface area contributed by atoms with Gasteiger partial charge in [0.15, 0.2) is 0 Å². The number of rotatable bonds is 7. The smallest absolute Gasteiger partial charge is 0.351 e. The fourth-order valence-electron chi connectivity index (χ4n) is 5.05. The Kier molecular flexibility index (Phi) is 10.2. The van der Waals surface area contributed by atoms with Gasteiger partial charge >= 0.3 is 5.69 Å². The molecule has 6 rings (SSSR count). The Morgan fingerprint density at radius 1 is 1.09 bits per heavy atom. The predicted molar refractivity (Wildman–Crippen MR) is 169 cm³/mol. The van der Waals surface area contributed by atoms with E-state index in [-0.39, 0.29) is 48.6 Å². The molecule has 2 aliphatic rings. The molecular weight excluding hydrogens is 618 g/mol. The number of aliphatic hydroxyl groups is 1. The standard InChI is InChI=1S/C22H22N4O5.C8H11N3O3S/c1-30-16-13-24-20(31-2)18-17(16)15(12-23-18)19(27)22(29)26-10-8-25(9-11-26)21(28)14-6-4-3-5-7-14;9-5-1-2-11(8(13)10-5)6-4-15-7(3-12)14-6/h3-7,12-13,23H,8-11H2,1-2H3;1-2,6-7,12H,3-4H2,(H2,9,10,13)/t;6-,7+/m.0/s1. The summed E-state index contributed by atoms with van der Waals surface area (Å²) in [6.45, 7) is 1.24. The first-order chi connectivity index (χ1) is 22.2. The molecule has 2 aliphatic heterocycles. The highest BCUT2D eigenvalue weighted by molar-refractivity contribution is 8.00. The Morgan fingerprint density at radius 3 is 2.43 bits per heavy atom. The van der Waals surface area contributed by atoms with Gasteiger partial charge in [0.05, 0.1) is 38.0 Å². The number of piperazine rings is 1. The van der Waals surface area contributed by atoms with Crippen molar-refractivity contribution in [2.24, 2.45) is 0 Å². The largest absolute Gasteiger partial charge is 0.494 e. The van der Waals surface area contributed by atoms with Crippen molar-refractivity contribution < 1.29 is 33.7 Å². The monoisotopic (exact) mass is 651 g/mol. The number of methoxy groups -OCH3 is 2. The number of hydrogen-bond acceptors (Lipinski definition) is 12. The molecule has 2 amide bonds. The molecule has 0 radical (unpaired) electrons. The number of carbonyl (C=O) groups excluding carboxylic acids is 3. The second-order valence-corrected chi connectivity index (χ2v) is 11.3. The van der Waals surface area contributed by atoms with E-state index in [4.69, 9.17) is 25.1 Å². The van der Waals surface area contributed by atoms with Gasteiger partial charge in [0.1, 0.15) is 28.7 Å². The minimum absolute atomic E-state index is 0.0572. The Bertz CT molecular complexity index is 1770. The normalized spacial score (nSPS) is 17.7. The first-order valence-corrected chi connectivity index (χ1v) is 15.3. The molecule has 2 atom stereocenters. The number of H-pyrrole nitrogens is 1. The molecule has 5 heterocycles. The second-order valence-electron chi connectivity index (χ2n) is 10.1. The van der Waals surface area contributed by atoms with Crippen LogP contribution in [0.25, 0.3) is 10.9 Å². The number of nitrogen functional groups attached to an aromatic ring is 1. The second kappa shape index (κ2) is 14.4. The number of anilines is 1. The van der Waals surface area contributed by atoms with E-state index in [0.717, 1.165) is 0 Å². The van der Waals surface area contributed by atoms with Gasteiger partial charge in [-0.1, -0.05) is 18.2 Å². The molecule has 0 aliphatic carbocycles. The number of thioether (sulfide) groups is 1. The molecule has 4 N–H and O–H groups in total. The lowest BCUT2D eigenvalue weighted by Crippen LogP contribution is -2.52. The van der Waals surface area contributed by atoms with Crippen LogP contribution in [0.1, 0.15) is 26.9 Å². The predicted octanol–water partition coefficient (Wildman–Crippen LogP) is 1.15. The summed E-state index contributed by atoms with van der Waals surface area (Å²) in [5.74, 6) is 0.130. The molecule has 4 aromatic rings. The average Bonchev–Trinajstić information content (AvgIpc) is 3.76. The average molecular weight is 652 g/mol. The third kappa shape index (κ3) is 6.83. The van der Waals surface area contributed by atoms with Crippen LogP contribution in [-0.4, -0.2) is 110 Å². The number of ketones is 1. The van der Waals surface area contributed by atoms with Crippen LogP contribution >= 0.6 is 11.8 Å². The van der Waals surface area contributed by atoms with Gasteiger partial charge in [-0.2, -0.15) is 4.98 Å². The first-order valence-electron chi connectivity index (χ1n) is 14.2. The van der Waals surface area contributed by atoms with Gasteiger partial charge in [-0.15, -0.1) is 11.8 Å². The molecule has 2 fully saturated rings. The van der Waals surface area contributed by atoms with Crippen molar-refractivity contribution in [1.29, 1.82) is 0 Å². The molecule has 0 bridgehead atoms. The Hall–Kier alpha value is -4.93. The highest BCUT2D eigenvalue weighted by Crippen LogP contribution is 2.33. The molecule has 16 heteroatoms. The van der Waals surface area contributed by atoms with E-state index in [1.807, 2.05) is 18.2 Å². The van der Waals surface area contributed by atoms with E-state index in [1.165, 1.54) is 47.8 Å². The van der Waals surface area contributed by atoms with Crippen LogP contribution in [0.5, 0.6) is 11.6 Å². The number of ether oxygens (including phenoxy) is 3. The van der Waals surface area contributed by atoms with Gasteiger partial charge in [0, 0.05) is 49.9 Å². The zero-order valence-corrected chi connectivity index (χ0v) is 25.9. The zero-order chi connectivity index (χ0) is 32.8. The van der Waals surface area contributed by atoms with Crippen molar-refractivity contribution in [3.63, 3.8) is 0 Å². The third-order valence-corrected chi connectivity index (χ3v) is 8.52. The van der Waals surface area contributed by atoms with Crippen molar-refractivity contribution in [1.82, 2.24) is 29.3 Å². The van der Waals surface area contributed by atoms with Crippen LogP contribution in [0.3, 0.4) is 0 Å². The summed E-state index contributed by atoms with van der Waals surface area (Å²) in [4.78, 5) is 63.8. The fourth-order valence-corrected chi connectivity index (χ4v) is 5.98. The van der Waals surface area contributed by atoms with Crippen molar-refractivity contribution in [3.05, 3.63) is 76.6 Å². The number of Topliss-reactive ketones (excluding diaryl/α,β-unsaturated/α-hetero) is 1. The number of fused-ring (bicyclic) bond motifs is 1. The molecular formula is C30H33N7O8S. The lowest BCUT2D eigenvalue weighted by molar-refractivity contribution is -0.127. The maximum absolute atomic E-state index is 13.0. The number of pyridine rings is 1. The van der Waals surface area contributed by atoms with Crippen LogP contribution in [-0.2, 0) is 9.53 Å². The highest BCUT2D eigenvalue weighted by Gasteiger charge is 2.31. The number of amides is 2. The molecule has 0 spiro atoms. The van der Waals surface area contributed by atoms with Gasteiger partial charge < -0.3 is 39.8 Å². The van der Waals surface area contributed by atoms with E-state index in [9.17, 15) is 19.2 Å². The van der Waals surface area contributed by atoms with E-state index in [1.54, 1.807) is 29.3 Å². The third-order valence-electron chi connectivity index (χ3n) is 7.41. The lowest BCUT2D eigenvalue weighted by Gasteiger charge is -2.34. The van der Waals surface area contributed by atoms with Gasteiger partial charge in [-0.25, -0.2) is 9.78 Å². The topological polar surface area (TPSA) is 195 Å². The molecule has 46 heavy (non-hydrogen) atoms. The minimum atomic E-state index is -0.652. The Labute approximate surface area is 267 Å². The van der Waals surface area contributed by atoms with E-state index in [0.29, 0.717) is 46.9 Å². The van der Waals surface area contributed by atoms with Crippen LogP contribution < -0.4 is 20.9 Å². The minimum Gasteiger partial charge on any atom is -0.494 e. The van der Waals surface area contributed by atoms with Gasteiger partial charge in [0.2, 0.25) is 5.88 Å². The van der Waals surface area contributed by atoms with Crippen LogP contribution in [0.4, 0.5) is 5.82 Å². The fraction of sp³-hybridized carbons (Fsp3) is 0.333. The van der Waals surface area contributed by atoms with Crippen molar-refractivity contribution in [2.75, 3.05) is 58.5 Å². The number of nitrogens with zero attached hydrogens (tertiary/aromatic N) is 5. The number of carbonyl (C=O) groups is 3. The summed E-state index contributed by atoms with van der Waals surface area (Å²) >= 11 is 1.47. The number of aliphatic hydroxyl groups excluding tert-OH is 1. The molecule has 0 saturated carbocycles. The number of hydrogen-bond donors (Lipinski definition) is 3. The summed E-state index contributed by atoms with van der Waals surface area (Å²) in [6.07, 6.45) is 4.10. The Balaban J connectivity index is 0.000000232. The zero-order valence-electron chi connectivity index (χ0n) is 25.1. The van der Waals surface area contributed by atoms with Crippen molar-refractivity contribution in [2.45, 2.75) is 11.7 Å². The van der Waals surface area contributed by atoms with Gasteiger partial charge in [-0.3, -0.25) is 19.0 Å². The maximum atomic E-state index is 13.0. The lowest BCUT2D eigenvalue weighted by atomic mass is 10.1. The first kappa shape index (κ1) is 32.5. The van der Waals surface area contributed by atoms with Gasteiger partial charge in [0.25, 0.3) is 17.6 Å². The maximum Gasteiger partial charge on any atom is 0.351 e. The van der Waals surface area contributed by atoms with E-state index in [2.05, 4.69) is 15.0 Å². The summed E-state index contributed by atoms with van der Waals surface area (Å²) in [7, 11) is 2.94. The van der Waals surface area contributed by atoms with Crippen LogP contribution in [0, 0.1) is 0 Å². The summed E-state index contributed by atoms with van der Waals surface area (Å²) in [5, 5.41) is 9.32. The van der Waals surface area contributed by atoms with Crippen molar-refractivity contribution >= 4 is 46.1 Å². The molecule has 3 aromatic heterocycles. The van der Waals surface area contributed by atoms with E-state index < -0.39 is 17.4 Å². The SMILES string of the molecule is COc1ncc(OC)c2c(C(=O)C(=O)N3CCN(C(=O)c4ccccc4)CC3)c[nH]c12.Nc1ccn([C@@H]2CS[C@H](CO)O2)c(=O)n1. The molecule has 1 aromatic carbocycles. The van der Waals surface area contributed by atoms with Crippen molar-refractivity contribution in [3.8, 4) is 11.6 Å². The van der Waals surface area contributed by atoms with Crippen LogP contribution in [0.2, 0.25) is 0 Å². The number of benzene rings is 1.